The molecule has 0 saturated carbocycles. The lowest BCUT2D eigenvalue weighted by molar-refractivity contribution is 0.0464. The number of hydrogen-bond acceptors (Lipinski definition) is 6. The van der Waals surface area contributed by atoms with Crippen LogP contribution in [0.2, 0.25) is 0 Å². The van der Waals surface area contributed by atoms with Crippen LogP contribution in [-0.4, -0.2) is 29.7 Å². The maximum atomic E-state index is 12.4. The van der Waals surface area contributed by atoms with E-state index in [9.17, 15) is 14.4 Å². The van der Waals surface area contributed by atoms with E-state index >= 15 is 0 Å². The van der Waals surface area contributed by atoms with E-state index in [1.54, 1.807) is 25.4 Å². The Morgan fingerprint density at radius 2 is 2.00 bits per heavy atom. The van der Waals surface area contributed by atoms with E-state index in [2.05, 4.69) is 10.1 Å². The number of fused-ring (bicyclic) bond motifs is 1. The van der Waals surface area contributed by atoms with Crippen LogP contribution in [0.4, 0.5) is 0 Å². The standard InChI is InChI=1S/C15H15N5O4/c1-9-12(13-16-5-4-6-20(13)17-9)14(22)24-8-10-7-11(21)19(3)15(23)18(10)2/h4-7H,8H2,1-3H3. The van der Waals surface area contributed by atoms with Crippen LogP contribution in [0.3, 0.4) is 0 Å². The average molecular weight is 329 g/mol. The van der Waals surface area contributed by atoms with Crippen LogP contribution in [0.5, 0.6) is 0 Å². The van der Waals surface area contributed by atoms with Crippen molar-refractivity contribution < 1.29 is 9.53 Å². The number of nitrogens with zero attached hydrogens (tertiary/aromatic N) is 5. The second-order valence-corrected chi connectivity index (χ2v) is 5.30. The third-order valence-electron chi connectivity index (χ3n) is 3.75. The smallest absolute Gasteiger partial charge is 0.344 e. The molecule has 0 N–H and O–H groups in total. The molecule has 9 heteroatoms. The highest BCUT2D eigenvalue weighted by Crippen LogP contribution is 2.14. The van der Waals surface area contributed by atoms with Gasteiger partial charge in [-0.1, -0.05) is 0 Å². The van der Waals surface area contributed by atoms with Gasteiger partial charge < -0.3 is 4.74 Å². The summed E-state index contributed by atoms with van der Waals surface area (Å²) in [5.41, 5.74) is 0.484. The molecular weight excluding hydrogens is 314 g/mol. The summed E-state index contributed by atoms with van der Waals surface area (Å²) in [6, 6.07) is 2.96. The van der Waals surface area contributed by atoms with Gasteiger partial charge >= 0.3 is 11.7 Å². The van der Waals surface area contributed by atoms with Crippen molar-refractivity contribution in [1.82, 2.24) is 23.7 Å². The van der Waals surface area contributed by atoms with Gasteiger partial charge in [0.2, 0.25) is 0 Å². The Morgan fingerprint density at radius 3 is 2.75 bits per heavy atom. The predicted molar refractivity (Wildman–Crippen MR) is 83.8 cm³/mol. The highest BCUT2D eigenvalue weighted by atomic mass is 16.5. The normalized spacial score (nSPS) is 11.0. The number of aryl methyl sites for hydroxylation is 1. The maximum absolute atomic E-state index is 12.4. The minimum Gasteiger partial charge on any atom is -0.456 e. The summed E-state index contributed by atoms with van der Waals surface area (Å²) in [4.78, 5) is 40.1. The molecule has 9 nitrogen and oxygen atoms in total. The van der Waals surface area contributed by atoms with E-state index in [1.165, 1.54) is 29.2 Å². The fourth-order valence-corrected chi connectivity index (χ4v) is 2.36. The molecule has 0 spiro atoms. The molecule has 3 heterocycles. The van der Waals surface area contributed by atoms with Crippen LogP contribution in [0, 0.1) is 6.92 Å². The molecular formula is C15H15N5O4. The minimum atomic E-state index is -0.616. The molecule has 0 fully saturated rings. The summed E-state index contributed by atoms with van der Waals surface area (Å²) in [6.45, 7) is 1.48. The van der Waals surface area contributed by atoms with Crippen molar-refractivity contribution in [3.05, 3.63) is 62.3 Å². The van der Waals surface area contributed by atoms with Gasteiger partial charge in [0.1, 0.15) is 12.2 Å². The van der Waals surface area contributed by atoms with Crippen molar-refractivity contribution in [2.24, 2.45) is 14.1 Å². The van der Waals surface area contributed by atoms with Gasteiger partial charge in [0.25, 0.3) is 5.56 Å². The van der Waals surface area contributed by atoms with E-state index in [-0.39, 0.29) is 12.2 Å². The largest absolute Gasteiger partial charge is 0.456 e. The Labute approximate surface area is 135 Å². The van der Waals surface area contributed by atoms with Crippen molar-refractivity contribution in [1.29, 1.82) is 0 Å². The number of hydrogen-bond donors (Lipinski definition) is 0. The topological polar surface area (TPSA) is 100 Å². The molecule has 124 valence electrons. The molecule has 0 amide bonds. The lowest BCUT2D eigenvalue weighted by atomic mass is 10.2. The Bertz CT molecular complexity index is 1060. The van der Waals surface area contributed by atoms with Crippen molar-refractivity contribution in [3.8, 4) is 0 Å². The van der Waals surface area contributed by atoms with Gasteiger partial charge in [-0.25, -0.2) is 19.1 Å². The Balaban J connectivity index is 1.90. The molecule has 3 aromatic heterocycles. The number of carbonyl (C=O) groups excluding carboxylic acids is 1. The van der Waals surface area contributed by atoms with Gasteiger partial charge in [-0.2, -0.15) is 5.10 Å². The summed E-state index contributed by atoms with van der Waals surface area (Å²) in [7, 11) is 2.89. The minimum absolute atomic E-state index is 0.204. The fourth-order valence-electron chi connectivity index (χ4n) is 2.36. The molecule has 0 unspecified atom stereocenters. The van der Waals surface area contributed by atoms with Gasteiger partial charge in [0, 0.05) is 32.6 Å². The summed E-state index contributed by atoms with van der Waals surface area (Å²) in [5, 5.41) is 4.19. The lowest BCUT2D eigenvalue weighted by Gasteiger charge is -2.09. The lowest BCUT2D eigenvalue weighted by Crippen LogP contribution is -2.38. The zero-order valence-corrected chi connectivity index (χ0v) is 13.4. The van der Waals surface area contributed by atoms with E-state index in [1.807, 2.05) is 0 Å². The van der Waals surface area contributed by atoms with Crippen LogP contribution in [0.1, 0.15) is 21.7 Å². The van der Waals surface area contributed by atoms with Crippen molar-refractivity contribution in [2.75, 3.05) is 0 Å². The first-order valence-electron chi connectivity index (χ1n) is 7.13. The highest BCUT2D eigenvalue weighted by Gasteiger charge is 2.20. The summed E-state index contributed by atoms with van der Waals surface area (Å²) >= 11 is 0. The summed E-state index contributed by atoms with van der Waals surface area (Å²) in [6.07, 6.45) is 3.23. The summed E-state index contributed by atoms with van der Waals surface area (Å²) in [5.74, 6) is -0.616. The average Bonchev–Trinajstić information content (AvgIpc) is 2.90. The zero-order valence-electron chi connectivity index (χ0n) is 13.4. The molecule has 0 radical (unpaired) electrons. The first-order chi connectivity index (χ1) is 11.4. The second-order valence-electron chi connectivity index (χ2n) is 5.30. The number of ether oxygens (including phenoxy) is 1. The Hall–Kier alpha value is -3.23. The quantitative estimate of drug-likeness (QED) is 0.617. The number of rotatable bonds is 3. The van der Waals surface area contributed by atoms with Crippen LogP contribution in [0.15, 0.2) is 34.1 Å². The van der Waals surface area contributed by atoms with E-state index in [0.717, 1.165) is 4.57 Å². The van der Waals surface area contributed by atoms with Crippen LogP contribution in [0.25, 0.3) is 5.65 Å². The molecule has 0 aliphatic heterocycles. The van der Waals surface area contributed by atoms with Gasteiger partial charge in [0.05, 0.1) is 11.4 Å². The molecule has 0 aliphatic carbocycles. The summed E-state index contributed by atoms with van der Waals surface area (Å²) < 4.78 is 8.97. The zero-order chi connectivity index (χ0) is 17.4. The van der Waals surface area contributed by atoms with Crippen molar-refractivity contribution in [2.45, 2.75) is 13.5 Å². The molecule has 3 aromatic rings. The van der Waals surface area contributed by atoms with Crippen LogP contribution < -0.4 is 11.2 Å². The molecule has 0 bridgehead atoms. The SMILES string of the molecule is Cc1nn2cccnc2c1C(=O)OCc1cc(=O)n(C)c(=O)n1C. The second kappa shape index (κ2) is 5.76. The van der Waals surface area contributed by atoms with Gasteiger partial charge in [0.15, 0.2) is 5.65 Å². The van der Waals surface area contributed by atoms with Gasteiger partial charge in [-0.3, -0.25) is 13.9 Å². The predicted octanol–water partition coefficient (Wildman–Crippen LogP) is -0.208. The van der Waals surface area contributed by atoms with E-state index < -0.39 is 17.2 Å². The molecule has 24 heavy (non-hydrogen) atoms. The third kappa shape index (κ3) is 2.49. The molecule has 0 atom stereocenters. The molecule has 0 saturated heterocycles. The van der Waals surface area contributed by atoms with E-state index in [0.29, 0.717) is 17.0 Å². The number of carbonyl (C=O) groups is 1. The van der Waals surface area contributed by atoms with Crippen LogP contribution >= 0.6 is 0 Å². The Kier molecular flexibility index (Phi) is 3.76. The first-order valence-corrected chi connectivity index (χ1v) is 7.13. The fraction of sp³-hybridized carbons (Fsp3) is 0.267. The molecule has 3 rings (SSSR count). The monoisotopic (exact) mass is 329 g/mol. The van der Waals surface area contributed by atoms with Gasteiger partial charge in [-0.05, 0) is 13.0 Å². The van der Waals surface area contributed by atoms with Crippen LogP contribution in [-0.2, 0) is 25.4 Å². The van der Waals surface area contributed by atoms with Crippen molar-refractivity contribution >= 4 is 11.6 Å². The first kappa shape index (κ1) is 15.7. The molecule has 0 aliphatic rings. The Morgan fingerprint density at radius 1 is 1.25 bits per heavy atom. The maximum Gasteiger partial charge on any atom is 0.344 e. The van der Waals surface area contributed by atoms with Crippen molar-refractivity contribution in [3.63, 3.8) is 0 Å². The van der Waals surface area contributed by atoms with E-state index in [4.69, 9.17) is 4.74 Å². The number of esters is 1. The third-order valence-corrected chi connectivity index (χ3v) is 3.75. The highest BCUT2D eigenvalue weighted by molar-refractivity contribution is 5.97. The van der Waals surface area contributed by atoms with Gasteiger partial charge in [-0.15, -0.1) is 0 Å². The number of aromatic nitrogens is 5. The molecule has 0 aromatic carbocycles.